The van der Waals surface area contributed by atoms with Crippen molar-refractivity contribution in [3.63, 3.8) is 0 Å². The molecular weight excluding hydrogens is 222 g/mol. The number of anilines is 1. The summed E-state index contributed by atoms with van der Waals surface area (Å²) in [5, 5.41) is 0. The van der Waals surface area contributed by atoms with E-state index in [0.29, 0.717) is 30.6 Å². The largest absolute Gasteiger partial charge is 0.423 e. The number of esters is 1. The summed E-state index contributed by atoms with van der Waals surface area (Å²) in [4.78, 5) is 21.4. The summed E-state index contributed by atoms with van der Waals surface area (Å²) in [5.41, 5.74) is 0.664. The molecular formula is C11H15N3O3. The molecule has 2 heterocycles. The second kappa shape index (κ2) is 5.09. The number of morpholine rings is 1. The molecule has 1 fully saturated rings. The third kappa shape index (κ3) is 2.91. The average Bonchev–Trinajstić information content (AvgIpc) is 2.32. The van der Waals surface area contributed by atoms with Crippen LogP contribution in [0.2, 0.25) is 0 Å². The highest BCUT2D eigenvalue weighted by Gasteiger charge is 2.15. The van der Waals surface area contributed by atoms with Crippen molar-refractivity contribution >= 4 is 11.9 Å². The van der Waals surface area contributed by atoms with E-state index in [1.807, 2.05) is 4.90 Å². The Kier molecular flexibility index (Phi) is 3.53. The van der Waals surface area contributed by atoms with Gasteiger partial charge in [-0.3, -0.25) is 4.79 Å². The monoisotopic (exact) mass is 237 g/mol. The van der Waals surface area contributed by atoms with Crippen LogP contribution in [0.15, 0.2) is 6.20 Å². The lowest BCUT2D eigenvalue weighted by Crippen LogP contribution is -2.37. The van der Waals surface area contributed by atoms with Gasteiger partial charge in [0.2, 0.25) is 5.95 Å². The first kappa shape index (κ1) is 11.8. The first-order valence-electron chi connectivity index (χ1n) is 5.51. The van der Waals surface area contributed by atoms with Crippen molar-refractivity contribution in [2.45, 2.75) is 13.8 Å². The number of hydrogen-bond donors (Lipinski definition) is 0. The standard InChI is InChI=1S/C11H15N3O3/c1-8-10(17-9(2)15)7-12-11(13-8)14-3-5-16-6-4-14/h7H,3-6H2,1-2H3. The van der Waals surface area contributed by atoms with Gasteiger partial charge in [0, 0.05) is 20.0 Å². The number of aromatic nitrogens is 2. The lowest BCUT2D eigenvalue weighted by atomic mass is 10.4. The fourth-order valence-electron chi connectivity index (χ4n) is 1.61. The minimum atomic E-state index is -0.365. The van der Waals surface area contributed by atoms with Crippen LogP contribution in [0.1, 0.15) is 12.6 Å². The van der Waals surface area contributed by atoms with Gasteiger partial charge >= 0.3 is 5.97 Å². The maximum Gasteiger partial charge on any atom is 0.308 e. The van der Waals surface area contributed by atoms with Crippen molar-refractivity contribution in [1.82, 2.24) is 9.97 Å². The Balaban J connectivity index is 2.14. The Bertz CT molecular complexity index is 416. The molecule has 0 radical (unpaired) electrons. The van der Waals surface area contributed by atoms with Crippen LogP contribution in [0.25, 0.3) is 0 Å². The van der Waals surface area contributed by atoms with Crippen molar-refractivity contribution in [1.29, 1.82) is 0 Å². The number of ether oxygens (including phenoxy) is 2. The van der Waals surface area contributed by atoms with Gasteiger partial charge < -0.3 is 14.4 Å². The Labute approximate surface area is 99.6 Å². The predicted molar refractivity (Wildman–Crippen MR) is 61.1 cm³/mol. The van der Waals surface area contributed by atoms with Gasteiger partial charge in [0.25, 0.3) is 0 Å². The summed E-state index contributed by atoms with van der Waals surface area (Å²) in [6.45, 7) is 6.10. The van der Waals surface area contributed by atoms with E-state index in [9.17, 15) is 4.79 Å². The molecule has 92 valence electrons. The van der Waals surface area contributed by atoms with Gasteiger partial charge in [-0.05, 0) is 6.92 Å². The second-order valence-corrected chi connectivity index (χ2v) is 3.81. The lowest BCUT2D eigenvalue weighted by molar-refractivity contribution is -0.131. The van der Waals surface area contributed by atoms with E-state index < -0.39 is 0 Å². The minimum absolute atomic E-state index is 0.365. The number of carbonyl (C=O) groups excluding carboxylic acids is 1. The average molecular weight is 237 g/mol. The first-order chi connectivity index (χ1) is 8.16. The zero-order chi connectivity index (χ0) is 12.3. The van der Waals surface area contributed by atoms with Crippen LogP contribution in [0.3, 0.4) is 0 Å². The first-order valence-corrected chi connectivity index (χ1v) is 5.51. The Morgan fingerprint density at radius 3 is 2.76 bits per heavy atom. The highest BCUT2D eigenvalue weighted by molar-refractivity contribution is 5.69. The van der Waals surface area contributed by atoms with Gasteiger partial charge in [-0.15, -0.1) is 0 Å². The second-order valence-electron chi connectivity index (χ2n) is 3.81. The Morgan fingerprint density at radius 1 is 1.47 bits per heavy atom. The molecule has 0 saturated carbocycles. The fourth-order valence-corrected chi connectivity index (χ4v) is 1.61. The molecule has 0 unspecified atom stereocenters. The fraction of sp³-hybridized carbons (Fsp3) is 0.545. The number of aryl methyl sites for hydroxylation is 1. The zero-order valence-corrected chi connectivity index (χ0v) is 9.97. The van der Waals surface area contributed by atoms with Crippen molar-refractivity contribution in [2.75, 3.05) is 31.2 Å². The van der Waals surface area contributed by atoms with Gasteiger partial charge in [-0.2, -0.15) is 0 Å². The molecule has 1 aliphatic heterocycles. The Morgan fingerprint density at radius 2 is 2.18 bits per heavy atom. The molecule has 1 aliphatic rings. The topological polar surface area (TPSA) is 64.5 Å². The van der Waals surface area contributed by atoms with Gasteiger partial charge in [0.05, 0.1) is 25.1 Å². The molecule has 2 rings (SSSR count). The van der Waals surface area contributed by atoms with E-state index in [2.05, 4.69) is 9.97 Å². The molecule has 0 spiro atoms. The van der Waals surface area contributed by atoms with E-state index in [1.54, 1.807) is 6.92 Å². The van der Waals surface area contributed by atoms with Crippen LogP contribution in [-0.2, 0) is 9.53 Å². The SMILES string of the molecule is CC(=O)Oc1cnc(N2CCOCC2)nc1C. The van der Waals surface area contributed by atoms with Crippen molar-refractivity contribution in [3.8, 4) is 5.75 Å². The molecule has 1 saturated heterocycles. The quantitative estimate of drug-likeness (QED) is 0.700. The van der Waals surface area contributed by atoms with Crippen LogP contribution in [-0.4, -0.2) is 42.2 Å². The van der Waals surface area contributed by atoms with Gasteiger partial charge in [-0.1, -0.05) is 0 Å². The third-order valence-electron chi connectivity index (χ3n) is 2.47. The normalized spacial score (nSPS) is 15.8. The smallest absolute Gasteiger partial charge is 0.308 e. The van der Waals surface area contributed by atoms with Crippen LogP contribution < -0.4 is 9.64 Å². The van der Waals surface area contributed by atoms with Crippen LogP contribution in [0, 0.1) is 6.92 Å². The molecule has 0 aromatic carbocycles. The summed E-state index contributed by atoms with van der Waals surface area (Å²) < 4.78 is 10.2. The summed E-state index contributed by atoms with van der Waals surface area (Å²) in [6, 6.07) is 0. The molecule has 0 aliphatic carbocycles. The van der Waals surface area contributed by atoms with E-state index in [4.69, 9.17) is 9.47 Å². The van der Waals surface area contributed by atoms with E-state index in [0.717, 1.165) is 13.1 Å². The van der Waals surface area contributed by atoms with Crippen molar-refractivity contribution in [2.24, 2.45) is 0 Å². The molecule has 1 aromatic heterocycles. The van der Waals surface area contributed by atoms with E-state index >= 15 is 0 Å². The molecule has 6 nitrogen and oxygen atoms in total. The maximum atomic E-state index is 10.8. The molecule has 0 bridgehead atoms. The van der Waals surface area contributed by atoms with Gasteiger partial charge in [0.15, 0.2) is 5.75 Å². The summed E-state index contributed by atoms with van der Waals surface area (Å²) in [6.07, 6.45) is 1.54. The highest BCUT2D eigenvalue weighted by atomic mass is 16.5. The summed E-state index contributed by atoms with van der Waals surface area (Å²) >= 11 is 0. The third-order valence-corrected chi connectivity index (χ3v) is 2.47. The van der Waals surface area contributed by atoms with Crippen LogP contribution >= 0.6 is 0 Å². The lowest BCUT2D eigenvalue weighted by Gasteiger charge is -2.26. The molecule has 0 amide bonds. The number of carbonyl (C=O) groups is 1. The van der Waals surface area contributed by atoms with Crippen LogP contribution in [0.4, 0.5) is 5.95 Å². The molecule has 6 heteroatoms. The molecule has 1 aromatic rings. The number of hydrogen-bond acceptors (Lipinski definition) is 6. The van der Waals surface area contributed by atoms with Crippen molar-refractivity contribution in [3.05, 3.63) is 11.9 Å². The summed E-state index contributed by atoms with van der Waals surface area (Å²) in [7, 11) is 0. The van der Waals surface area contributed by atoms with Gasteiger partial charge in [0.1, 0.15) is 0 Å². The molecule has 17 heavy (non-hydrogen) atoms. The molecule has 0 atom stereocenters. The minimum Gasteiger partial charge on any atom is -0.423 e. The van der Waals surface area contributed by atoms with Crippen molar-refractivity contribution < 1.29 is 14.3 Å². The molecule has 0 N–H and O–H groups in total. The van der Waals surface area contributed by atoms with E-state index in [-0.39, 0.29) is 5.97 Å². The van der Waals surface area contributed by atoms with Crippen LogP contribution in [0.5, 0.6) is 5.75 Å². The Hall–Kier alpha value is -1.69. The summed E-state index contributed by atoms with van der Waals surface area (Å²) in [5.74, 6) is 0.701. The van der Waals surface area contributed by atoms with Gasteiger partial charge in [-0.25, -0.2) is 9.97 Å². The maximum absolute atomic E-state index is 10.8. The zero-order valence-electron chi connectivity index (χ0n) is 9.97. The highest BCUT2D eigenvalue weighted by Crippen LogP contribution is 2.18. The number of nitrogens with zero attached hydrogens (tertiary/aromatic N) is 3. The van der Waals surface area contributed by atoms with E-state index in [1.165, 1.54) is 13.1 Å². The number of rotatable bonds is 2. The predicted octanol–water partition coefficient (Wildman–Crippen LogP) is 0.547.